The second kappa shape index (κ2) is 7.94. The van der Waals surface area contributed by atoms with Crippen LogP contribution >= 0.6 is 0 Å². The molecule has 1 aromatic carbocycles. The molecule has 0 bridgehead atoms. The zero-order chi connectivity index (χ0) is 16.8. The number of hydrogen-bond acceptors (Lipinski definition) is 4. The largest absolute Gasteiger partial charge is 0.464 e. The van der Waals surface area contributed by atoms with E-state index in [-0.39, 0.29) is 6.03 Å². The van der Waals surface area contributed by atoms with Gasteiger partial charge in [0.05, 0.1) is 6.61 Å². The highest BCUT2D eigenvalue weighted by Gasteiger charge is 2.18. The van der Waals surface area contributed by atoms with E-state index in [1.54, 1.807) is 43.7 Å². The van der Waals surface area contributed by atoms with E-state index in [1.807, 2.05) is 13.0 Å². The van der Waals surface area contributed by atoms with Gasteiger partial charge in [-0.3, -0.25) is 4.21 Å². The molecular weight excluding hydrogens is 316 g/mol. The number of aryl methyl sites for hydroxylation is 1. The number of nitrogens with one attached hydrogen (secondary N) is 2. The molecule has 2 rings (SSSR count). The summed E-state index contributed by atoms with van der Waals surface area (Å²) in [5.41, 5.74) is 0.571. The smallest absolute Gasteiger partial charge is 0.319 e. The molecule has 0 unspecified atom stereocenters. The summed E-state index contributed by atoms with van der Waals surface area (Å²) in [7, 11) is 0.456. The number of ether oxygens (including phenoxy) is 1. The molecule has 2 amide bonds. The van der Waals surface area contributed by atoms with Crippen molar-refractivity contribution in [1.29, 1.82) is 0 Å². The maximum absolute atomic E-state index is 12.2. The van der Waals surface area contributed by atoms with Gasteiger partial charge in [-0.2, -0.15) is 0 Å². The molecule has 0 aliphatic rings. The van der Waals surface area contributed by atoms with E-state index in [9.17, 15) is 9.00 Å². The Hall–Kier alpha value is -2.12. The number of carbonyl (C=O) groups excluding carboxylic acids is 1. The van der Waals surface area contributed by atoms with Gasteiger partial charge in [-0.05, 0) is 37.3 Å². The van der Waals surface area contributed by atoms with Crippen LogP contribution in [0, 0.1) is 6.92 Å². The van der Waals surface area contributed by atoms with Crippen LogP contribution in [0.5, 0.6) is 0 Å². The molecule has 0 saturated heterocycles. The SMILES string of the molecule is COC[C@@H](NC(=O)Nc1cccc([S@@](C)=O)c1)c1ccc(C)o1. The Morgan fingerprint density at radius 1 is 1.35 bits per heavy atom. The van der Waals surface area contributed by atoms with Crippen molar-refractivity contribution < 1.29 is 18.2 Å². The van der Waals surface area contributed by atoms with E-state index < -0.39 is 16.8 Å². The summed E-state index contributed by atoms with van der Waals surface area (Å²) in [5, 5.41) is 5.52. The molecule has 1 aromatic heterocycles. The molecule has 0 aliphatic heterocycles. The highest BCUT2D eigenvalue weighted by Crippen LogP contribution is 2.18. The van der Waals surface area contributed by atoms with Crippen molar-refractivity contribution in [2.24, 2.45) is 0 Å². The zero-order valence-electron chi connectivity index (χ0n) is 13.3. The van der Waals surface area contributed by atoms with Crippen LogP contribution in [0.15, 0.2) is 45.7 Å². The summed E-state index contributed by atoms with van der Waals surface area (Å²) in [5.74, 6) is 1.39. The van der Waals surface area contributed by atoms with Crippen molar-refractivity contribution in [2.75, 3.05) is 25.3 Å². The molecule has 2 aromatic rings. The van der Waals surface area contributed by atoms with Crippen LogP contribution in [0.4, 0.5) is 10.5 Å². The Morgan fingerprint density at radius 3 is 2.74 bits per heavy atom. The lowest BCUT2D eigenvalue weighted by Gasteiger charge is -2.16. The molecule has 7 heteroatoms. The highest BCUT2D eigenvalue weighted by molar-refractivity contribution is 7.84. The fourth-order valence-corrected chi connectivity index (χ4v) is 2.64. The molecular formula is C16H20N2O4S. The van der Waals surface area contributed by atoms with E-state index in [0.29, 0.717) is 22.9 Å². The van der Waals surface area contributed by atoms with E-state index in [2.05, 4.69) is 10.6 Å². The molecule has 1 heterocycles. The normalized spacial score (nSPS) is 13.3. The van der Waals surface area contributed by atoms with Crippen molar-refractivity contribution in [2.45, 2.75) is 17.9 Å². The van der Waals surface area contributed by atoms with E-state index in [1.165, 1.54) is 0 Å². The third-order valence-corrected chi connectivity index (χ3v) is 4.08. The third kappa shape index (κ3) is 4.94. The zero-order valence-corrected chi connectivity index (χ0v) is 14.1. The van der Waals surface area contributed by atoms with Gasteiger partial charge in [0.1, 0.15) is 17.6 Å². The van der Waals surface area contributed by atoms with Crippen LogP contribution in [-0.4, -0.2) is 30.2 Å². The van der Waals surface area contributed by atoms with Gasteiger partial charge >= 0.3 is 6.03 Å². The monoisotopic (exact) mass is 336 g/mol. The summed E-state index contributed by atoms with van der Waals surface area (Å²) < 4.78 is 22.2. The second-order valence-corrected chi connectivity index (χ2v) is 6.42. The maximum atomic E-state index is 12.2. The minimum Gasteiger partial charge on any atom is -0.464 e. The van der Waals surface area contributed by atoms with Gasteiger partial charge in [-0.15, -0.1) is 0 Å². The van der Waals surface area contributed by atoms with Gasteiger partial charge in [0.2, 0.25) is 0 Å². The number of amides is 2. The first-order valence-electron chi connectivity index (χ1n) is 7.06. The van der Waals surface area contributed by atoms with Crippen LogP contribution in [-0.2, 0) is 15.5 Å². The number of hydrogen-bond donors (Lipinski definition) is 2. The number of anilines is 1. The van der Waals surface area contributed by atoms with Gasteiger partial charge < -0.3 is 19.8 Å². The molecule has 0 aliphatic carbocycles. The van der Waals surface area contributed by atoms with Gasteiger partial charge in [0.15, 0.2) is 0 Å². The van der Waals surface area contributed by atoms with Crippen molar-refractivity contribution in [3.8, 4) is 0 Å². The van der Waals surface area contributed by atoms with Crippen molar-refractivity contribution in [3.05, 3.63) is 47.9 Å². The predicted octanol–water partition coefficient (Wildman–Crippen LogP) is 2.83. The molecule has 124 valence electrons. The summed E-state index contributed by atoms with van der Waals surface area (Å²) in [6.45, 7) is 2.13. The number of furan rings is 1. The van der Waals surface area contributed by atoms with Gasteiger partial charge in [-0.25, -0.2) is 4.79 Å². The van der Waals surface area contributed by atoms with Crippen LogP contribution < -0.4 is 10.6 Å². The molecule has 0 fully saturated rings. The number of rotatable bonds is 6. The molecule has 0 radical (unpaired) electrons. The lowest BCUT2D eigenvalue weighted by Crippen LogP contribution is -2.34. The summed E-state index contributed by atoms with van der Waals surface area (Å²) in [6.07, 6.45) is 1.59. The van der Waals surface area contributed by atoms with Gasteiger partial charge in [0.25, 0.3) is 0 Å². The molecule has 0 spiro atoms. The Labute approximate surface area is 137 Å². The Morgan fingerprint density at radius 2 is 2.13 bits per heavy atom. The number of urea groups is 1. The Balaban J connectivity index is 2.04. The quantitative estimate of drug-likeness (QED) is 0.850. The number of carbonyl (C=O) groups is 1. The standard InChI is InChI=1S/C16H20N2O4S/c1-11-7-8-15(22-11)14(10-21-2)18-16(19)17-12-5-4-6-13(9-12)23(3)20/h4-9,14H,10H2,1-3H3,(H2,17,18,19)/t14-,23-/m1/s1. The number of methoxy groups -OCH3 is 1. The van der Waals surface area contributed by atoms with Gasteiger partial charge in [0, 0.05) is 34.7 Å². The minimum atomic E-state index is -1.10. The van der Waals surface area contributed by atoms with Crippen LogP contribution in [0.3, 0.4) is 0 Å². The third-order valence-electron chi connectivity index (χ3n) is 3.17. The molecule has 23 heavy (non-hydrogen) atoms. The molecule has 2 N–H and O–H groups in total. The predicted molar refractivity (Wildman–Crippen MR) is 89.0 cm³/mol. The molecule has 2 atom stereocenters. The fraction of sp³-hybridized carbons (Fsp3) is 0.312. The highest BCUT2D eigenvalue weighted by atomic mass is 32.2. The van der Waals surface area contributed by atoms with Crippen LogP contribution in [0.2, 0.25) is 0 Å². The molecule has 6 nitrogen and oxygen atoms in total. The first-order valence-corrected chi connectivity index (χ1v) is 8.61. The first-order chi connectivity index (χ1) is 11.0. The molecule has 0 saturated carbocycles. The topological polar surface area (TPSA) is 80.6 Å². The van der Waals surface area contributed by atoms with Crippen molar-refractivity contribution >= 4 is 22.5 Å². The summed E-state index contributed by atoms with van der Waals surface area (Å²) in [6, 6.07) is 9.76. The second-order valence-electron chi connectivity index (χ2n) is 5.04. The van der Waals surface area contributed by atoms with E-state index >= 15 is 0 Å². The Kier molecular flexibility index (Phi) is 5.95. The average Bonchev–Trinajstić information content (AvgIpc) is 2.93. The minimum absolute atomic E-state index is 0.291. The summed E-state index contributed by atoms with van der Waals surface area (Å²) >= 11 is 0. The Bertz CT molecular complexity index is 699. The number of benzene rings is 1. The lowest BCUT2D eigenvalue weighted by molar-refractivity contribution is 0.158. The lowest BCUT2D eigenvalue weighted by atomic mass is 10.2. The van der Waals surface area contributed by atoms with E-state index in [4.69, 9.17) is 9.15 Å². The van der Waals surface area contributed by atoms with Crippen LogP contribution in [0.1, 0.15) is 17.6 Å². The van der Waals surface area contributed by atoms with E-state index in [0.717, 1.165) is 5.76 Å². The first kappa shape index (κ1) is 17.2. The van der Waals surface area contributed by atoms with Crippen molar-refractivity contribution in [3.63, 3.8) is 0 Å². The van der Waals surface area contributed by atoms with Crippen LogP contribution in [0.25, 0.3) is 0 Å². The average molecular weight is 336 g/mol. The summed E-state index contributed by atoms with van der Waals surface area (Å²) in [4.78, 5) is 12.8. The van der Waals surface area contributed by atoms with Gasteiger partial charge in [-0.1, -0.05) is 6.07 Å². The van der Waals surface area contributed by atoms with Crippen molar-refractivity contribution in [1.82, 2.24) is 5.32 Å². The maximum Gasteiger partial charge on any atom is 0.319 e. The fourth-order valence-electron chi connectivity index (χ4n) is 2.08.